The van der Waals surface area contributed by atoms with Crippen molar-refractivity contribution < 1.29 is 4.39 Å². The molecule has 0 saturated heterocycles. The summed E-state index contributed by atoms with van der Waals surface area (Å²) in [7, 11) is 0. The highest BCUT2D eigenvalue weighted by Gasteiger charge is 2.35. The molecule has 3 heteroatoms. The lowest BCUT2D eigenvalue weighted by Crippen LogP contribution is -2.15. The van der Waals surface area contributed by atoms with Gasteiger partial charge in [-0.05, 0) is 105 Å². The number of hydrogen-bond acceptors (Lipinski definition) is 1. The number of nitrogens with zero attached hydrogens (tertiary/aromatic N) is 2. The molecule has 1 aliphatic carbocycles. The average Bonchev–Trinajstić information content (AvgIpc) is 3.62. The van der Waals surface area contributed by atoms with Gasteiger partial charge in [-0.3, -0.25) is 0 Å². The molecule has 0 aliphatic heterocycles. The van der Waals surface area contributed by atoms with Crippen molar-refractivity contribution in [1.82, 2.24) is 4.57 Å². The number of hydrogen-bond donors (Lipinski definition) is 0. The van der Waals surface area contributed by atoms with Crippen molar-refractivity contribution in [2.45, 2.75) is 19.3 Å². The third-order valence-corrected chi connectivity index (χ3v) is 10.8. The van der Waals surface area contributed by atoms with E-state index in [0.717, 1.165) is 22.7 Å². The summed E-state index contributed by atoms with van der Waals surface area (Å²) in [5, 5.41) is 7.52. The Kier molecular flexibility index (Phi) is 6.13. The Morgan fingerprint density at radius 3 is 1.76 bits per heavy atom. The standard InChI is InChI=1S/C47H33FN2/c1-47(2)42-17-9-7-13-37(42)41-29-34(27-28-43(41)47)49(31-21-19-30(48)20-22-31)32-23-25-33(26-24-32)50-44-18-10-8-16-40(44)45-38-14-5-3-11-35(38)36-12-4-6-15-39(36)46(45)50/h3-29H,1-2H3. The van der Waals surface area contributed by atoms with E-state index in [9.17, 15) is 4.39 Å². The summed E-state index contributed by atoms with van der Waals surface area (Å²) in [6, 6.07) is 57.3. The van der Waals surface area contributed by atoms with Gasteiger partial charge in [0.15, 0.2) is 0 Å². The predicted molar refractivity (Wildman–Crippen MR) is 208 cm³/mol. The van der Waals surface area contributed by atoms with Crippen LogP contribution in [0, 0.1) is 5.82 Å². The van der Waals surface area contributed by atoms with Crippen molar-refractivity contribution in [1.29, 1.82) is 0 Å². The molecule has 1 aromatic heterocycles. The van der Waals surface area contributed by atoms with Crippen molar-refractivity contribution in [3.05, 3.63) is 181 Å². The van der Waals surface area contributed by atoms with Crippen LogP contribution in [0.25, 0.3) is 60.2 Å². The molecule has 0 N–H and O–H groups in total. The van der Waals surface area contributed by atoms with Crippen molar-refractivity contribution in [2.75, 3.05) is 4.90 Å². The van der Waals surface area contributed by atoms with Gasteiger partial charge in [0.05, 0.1) is 11.0 Å². The van der Waals surface area contributed by atoms with Crippen LogP contribution in [0.1, 0.15) is 25.0 Å². The molecule has 9 aromatic rings. The first-order chi connectivity index (χ1) is 24.5. The summed E-state index contributed by atoms with van der Waals surface area (Å²) in [4.78, 5) is 2.23. The van der Waals surface area contributed by atoms with E-state index in [2.05, 4.69) is 163 Å². The summed E-state index contributed by atoms with van der Waals surface area (Å²) in [6.07, 6.45) is 0. The van der Waals surface area contributed by atoms with Crippen LogP contribution in [0.2, 0.25) is 0 Å². The van der Waals surface area contributed by atoms with E-state index in [0.29, 0.717) is 0 Å². The molecule has 0 atom stereocenters. The Hall–Kier alpha value is -6.19. The SMILES string of the molecule is CC1(C)c2ccccc2-c2cc(N(c3ccc(F)cc3)c3ccc(-n4c5ccccc5c5c6ccccc6c6ccccc6c54)cc3)ccc21. The Labute approximate surface area is 290 Å². The molecule has 1 aliphatic rings. The van der Waals surface area contributed by atoms with Crippen LogP contribution in [0.5, 0.6) is 0 Å². The average molecular weight is 645 g/mol. The molecule has 0 radical (unpaired) electrons. The van der Waals surface area contributed by atoms with Crippen LogP contribution < -0.4 is 4.90 Å². The molecule has 0 unspecified atom stereocenters. The first-order valence-electron chi connectivity index (χ1n) is 17.2. The van der Waals surface area contributed by atoms with Gasteiger partial charge in [0.2, 0.25) is 0 Å². The van der Waals surface area contributed by atoms with Crippen molar-refractivity contribution >= 4 is 60.4 Å². The second-order valence-electron chi connectivity index (χ2n) is 13.9. The quantitative estimate of drug-likeness (QED) is 0.173. The van der Waals surface area contributed by atoms with Crippen LogP contribution in [0.3, 0.4) is 0 Å². The van der Waals surface area contributed by atoms with Gasteiger partial charge in [-0.2, -0.15) is 0 Å². The van der Waals surface area contributed by atoms with Crippen LogP contribution in [0.4, 0.5) is 21.5 Å². The lowest BCUT2D eigenvalue weighted by molar-refractivity contribution is 0.628. The molecule has 10 rings (SSSR count). The third-order valence-electron chi connectivity index (χ3n) is 10.8. The smallest absolute Gasteiger partial charge is 0.123 e. The topological polar surface area (TPSA) is 8.17 Å². The first-order valence-corrected chi connectivity index (χ1v) is 17.2. The molecule has 0 amide bonds. The fourth-order valence-corrected chi connectivity index (χ4v) is 8.53. The van der Waals surface area contributed by atoms with Crippen molar-refractivity contribution in [3.63, 3.8) is 0 Å². The van der Waals surface area contributed by atoms with Crippen molar-refractivity contribution in [3.8, 4) is 16.8 Å². The molecular formula is C47H33FN2. The van der Waals surface area contributed by atoms with E-state index >= 15 is 0 Å². The second kappa shape index (κ2) is 10.7. The largest absolute Gasteiger partial charge is 0.310 e. The zero-order valence-corrected chi connectivity index (χ0v) is 27.9. The van der Waals surface area contributed by atoms with Gasteiger partial charge in [-0.1, -0.05) is 111 Å². The van der Waals surface area contributed by atoms with Gasteiger partial charge < -0.3 is 9.47 Å². The highest BCUT2D eigenvalue weighted by molar-refractivity contribution is 6.32. The summed E-state index contributed by atoms with van der Waals surface area (Å²) >= 11 is 0. The Balaban J connectivity index is 1.18. The van der Waals surface area contributed by atoms with Crippen molar-refractivity contribution in [2.24, 2.45) is 0 Å². The number of anilines is 3. The molecule has 0 saturated carbocycles. The summed E-state index contributed by atoms with van der Waals surface area (Å²) in [6.45, 7) is 4.60. The normalized spacial score (nSPS) is 13.3. The number of aromatic nitrogens is 1. The van der Waals surface area contributed by atoms with Gasteiger partial charge >= 0.3 is 0 Å². The van der Waals surface area contributed by atoms with E-state index in [4.69, 9.17) is 0 Å². The fourth-order valence-electron chi connectivity index (χ4n) is 8.53. The molecule has 0 bridgehead atoms. The minimum Gasteiger partial charge on any atom is -0.310 e. The second-order valence-corrected chi connectivity index (χ2v) is 13.9. The van der Waals surface area contributed by atoms with E-state index in [1.165, 1.54) is 77.7 Å². The number of para-hydroxylation sites is 1. The van der Waals surface area contributed by atoms with E-state index < -0.39 is 0 Å². The van der Waals surface area contributed by atoms with Gasteiger partial charge in [0, 0.05) is 44.3 Å². The Morgan fingerprint density at radius 2 is 1.02 bits per heavy atom. The van der Waals surface area contributed by atoms with Gasteiger partial charge in [-0.15, -0.1) is 0 Å². The number of rotatable bonds is 4. The summed E-state index contributed by atoms with van der Waals surface area (Å²) < 4.78 is 16.7. The van der Waals surface area contributed by atoms with Gasteiger partial charge in [-0.25, -0.2) is 4.39 Å². The molecule has 238 valence electrons. The molecule has 8 aromatic carbocycles. The maximum atomic E-state index is 14.2. The van der Waals surface area contributed by atoms with Gasteiger partial charge in [0.25, 0.3) is 0 Å². The molecule has 2 nitrogen and oxygen atoms in total. The summed E-state index contributed by atoms with van der Waals surface area (Å²) in [5.74, 6) is -0.250. The first kappa shape index (κ1) is 28.8. The van der Waals surface area contributed by atoms with Crippen LogP contribution >= 0.6 is 0 Å². The van der Waals surface area contributed by atoms with E-state index in [-0.39, 0.29) is 11.2 Å². The number of halogens is 1. The predicted octanol–water partition coefficient (Wildman–Crippen LogP) is 13.0. The number of fused-ring (bicyclic) bond motifs is 11. The maximum Gasteiger partial charge on any atom is 0.123 e. The summed E-state index contributed by atoms with van der Waals surface area (Å²) in [5.41, 5.74) is 11.5. The molecule has 0 spiro atoms. The zero-order chi connectivity index (χ0) is 33.6. The molecule has 1 heterocycles. The lowest BCUT2D eigenvalue weighted by Gasteiger charge is -2.27. The fraction of sp³-hybridized carbons (Fsp3) is 0.0638. The lowest BCUT2D eigenvalue weighted by atomic mass is 9.82. The highest BCUT2D eigenvalue weighted by Crippen LogP contribution is 2.51. The minimum atomic E-state index is -0.250. The van der Waals surface area contributed by atoms with Crippen LogP contribution in [-0.4, -0.2) is 4.57 Å². The van der Waals surface area contributed by atoms with Crippen LogP contribution in [-0.2, 0) is 5.41 Å². The van der Waals surface area contributed by atoms with Gasteiger partial charge in [0.1, 0.15) is 5.82 Å². The Bertz CT molecular complexity index is 2790. The third kappa shape index (κ3) is 4.07. The molecule has 0 fully saturated rings. The highest BCUT2D eigenvalue weighted by atomic mass is 19.1. The molecule has 50 heavy (non-hydrogen) atoms. The molecular weight excluding hydrogens is 612 g/mol. The van der Waals surface area contributed by atoms with E-state index in [1.54, 1.807) is 0 Å². The minimum absolute atomic E-state index is 0.0788. The monoisotopic (exact) mass is 644 g/mol. The maximum absolute atomic E-state index is 14.2. The zero-order valence-electron chi connectivity index (χ0n) is 27.9. The Morgan fingerprint density at radius 1 is 0.480 bits per heavy atom. The number of benzene rings is 8. The van der Waals surface area contributed by atoms with E-state index in [1.807, 2.05) is 12.1 Å². The van der Waals surface area contributed by atoms with Crippen LogP contribution in [0.15, 0.2) is 164 Å².